The summed E-state index contributed by atoms with van der Waals surface area (Å²) in [5, 5.41) is 8.53. The third-order valence-electron chi connectivity index (χ3n) is 2.02. The van der Waals surface area contributed by atoms with Crippen LogP contribution in [0.3, 0.4) is 0 Å². The van der Waals surface area contributed by atoms with E-state index in [1.165, 1.54) is 0 Å². The average molecular weight is 181 g/mol. The number of aromatic nitrogens is 1. The van der Waals surface area contributed by atoms with Gasteiger partial charge in [0.25, 0.3) is 0 Å². The number of hydrogen-bond donors (Lipinski definition) is 1. The van der Waals surface area contributed by atoms with E-state index in [1.54, 1.807) is 0 Å². The van der Waals surface area contributed by atoms with Gasteiger partial charge >= 0.3 is 5.97 Å². The highest BCUT2D eigenvalue weighted by Gasteiger charge is 2.05. The maximum Gasteiger partial charge on any atom is 0.303 e. The summed E-state index contributed by atoms with van der Waals surface area (Å²) in [6.07, 6.45) is 2.80. The molecule has 0 spiro atoms. The molecule has 0 bridgehead atoms. The third kappa shape index (κ3) is 2.61. The zero-order valence-electron chi connectivity index (χ0n) is 8.03. The normalized spacial score (nSPS) is 10.7. The first-order chi connectivity index (χ1) is 6.11. The van der Waals surface area contributed by atoms with Gasteiger partial charge in [-0.2, -0.15) is 0 Å². The topological polar surface area (TPSA) is 42.2 Å². The molecule has 1 N–H and O–H groups in total. The lowest BCUT2D eigenvalue weighted by molar-refractivity contribution is -0.136. The van der Waals surface area contributed by atoms with Gasteiger partial charge in [-0.3, -0.25) is 4.79 Å². The minimum Gasteiger partial charge on any atom is -0.481 e. The zero-order chi connectivity index (χ0) is 9.84. The van der Waals surface area contributed by atoms with E-state index in [4.69, 9.17) is 5.11 Å². The van der Waals surface area contributed by atoms with Crippen LogP contribution in [0.25, 0.3) is 0 Å². The molecule has 0 radical (unpaired) electrons. The molecule has 0 aliphatic rings. The molecule has 13 heavy (non-hydrogen) atoms. The number of aryl methyl sites for hydroxylation is 1. The SMILES string of the molecule is CC(C)n1cccc1CCC(=O)O. The number of rotatable bonds is 4. The quantitative estimate of drug-likeness (QED) is 0.772. The molecule has 0 aliphatic heterocycles. The van der Waals surface area contributed by atoms with Crippen molar-refractivity contribution in [3.8, 4) is 0 Å². The van der Waals surface area contributed by atoms with Gasteiger partial charge < -0.3 is 9.67 Å². The van der Waals surface area contributed by atoms with E-state index >= 15 is 0 Å². The van der Waals surface area contributed by atoms with Gasteiger partial charge in [0.05, 0.1) is 6.42 Å². The van der Waals surface area contributed by atoms with E-state index in [-0.39, 0.29) is 6.42 Å². The molecule has 1 rings (SSSR count). The second kappa shape index (κ2) is 4.12. The number of nitrogens with zero attached hydrogens (tertiary/aromatic N) is 1. The Labute approximate surface area is 78.0 Å². The monoisotopic (exact) mass is 181 g/mol. The van der Waals surface area contributed by atoms with Crippen LogP contribution in [0, 0.1) is 0 Å². The fraction of sp³-hybridized carbons (Fsp3) is 0.500. The lowest BCUT2D eigenvalue weighted by Gasteiger charge is -2.11. The van der Waals surface area contributed by atoms with Gasteiger partial charge in [0, 0.05) is 17.9 Å². The number of carboxylic acids is 1. The lowest BCUT2D eigenvalue weighted by atomic mass is 10.2. The Morgan fingerprint density at radius 3 is 2.85 bits per heavy atom. The maximum absolute atomic E-state index is 10.4. The van der Waals surface area contributed by atoms with Crippen molar-refractivity contribution in [2.75, 3.05) is 0 Å². The first-order valence-corrected chi connectivity index (χ1v) is 4.48. The summed E-state index contributed by atoms with van der Waals surface area (Å²) >= 11 is 0. The van der Waals surface area contributed by atoms with Crippen LogP contribution in [0.5, 0.6) is 0 Å². The summed E-state index contributed by atoms with van der Waals surface area (Å²) in [6, 6.07) is 4.33. The molecule has 0 saturated carbocycles. The second-order valence-electron chi connectivity index (χ2n) is 3.39. The fourth-order valence-electron chi connectivity index (χ4n) is 1.38. The highest BCUT2D eigenvalue weighted by Crippen LogP contribution is 2.12. The lowest BCUT2D eigenvalue weighted by Crippen LogP contribution is -2.06. The molecule has 1 heterocycles. The minimum absolute atomic E-state index is 0.205. The van der Waals surface area contributed by atoms with Crippen molar-refractivity contribution in [1.29, 1.82) is 0 Å². The first-order valence-electron chi connectivity index (χ1n) is 4.48. The van der Waals surface area contributed by atoms with Crippen LogP contribution in [-0.4, -0.2) is 15.6 Å². The van der Waals surface area contributed by atoms with Crippen LogP contribution in [0.4, 0.5) is 0 Å². The van der Waals surface area contributed by atoms with Crippen molar-refractivity contribution < 1.29 is 9.90 Å². The smallest absolute Gasteiger partial charge is 0.303 e. The molecule has 3 nitrogen and oxygen atoms in total. The van der Waals surface area contributed by atoms with Crippen molar-refractivity contribution >= 4 is 5.97 Å². The van der Waals surface area contributed by atoms with Crippen molar-refractivity contribution in [2.45, 2.75) is 32.7 Å². The summed E-state index contributed by atoms with van der Waals surface area (Å²) < 4.78 is 2.10. The van der Waals surface area contributed by atoms with Crippen molar-refractivity contribution in [3.63, 3.8) is 0 Å². The number of carboxylic acid groups (broad SMARTS) is 1. The highest BCUT2D eigenvalue weighted by atomic mass is 16.4. The molecule has 1 aromatic heterocycles. The Bertz CT molecular complexity index is 289. The first kappa shape index (κ1) is 9.84. The van der Waals surface area contributed by atoms with Crippen molar-refractivity contribution in [2.24, 2.45) is 0 Å². The molecule has 0 unspecified atom stereocenters. The van der Waals surface area contributed by atoms with Crippen LogP contribution in [0.2, 0.25) is 0 Å². The van der Waals surface area contributed by atoms with Crippen LogP contribution < -0.4 is 0 Å². The highest BCUT2D eigenvalue weighted by molar-refractivity contribution is 5.66. The van der Waals surface area contributed by atoms with Crippen LogP contribution in [0.1, 0.15) is 32.0 Å². The number of hydrogen-bond acceptors (Lipinski definition) is 1. The average Bonchev–Trinajstić information content (AvgIpc) is 2.47. The summed E-state index contributed by atoms with van der Waals surface area (Å²) in [6.45, 7) is 4.18. The summed E-state index contributed by atoms with van der Waals surface area (Å²) in [4.78, 5) is 10.4. The molecule has 0 atom stereocenters. The molecular weight excluding hydrogens is 166 g/mol. The van der Waals surface area contributed by atoms with Crippen molar-refractivity contribution in [1.82, 2.24) is 4.57 Å². The van der Waals surface area contributed by atoms with E-state index in [0.717, 1.165) is 5.69 Å². The Kier molecular flexibility index (Phi) is 3.12. The molecule has 0 amide bonds. The van der Waals surface area contributed by atoms with Gasteiger partial charge in [-0.15, -0.1) is 0 Å². The molecule has 0 saturated heterocycles. The van der Waals surface area contributed by atoms with Gasteiger partial charge in [-0.1, -0.05) is 0 Å². The molecular formula is C10H15NO2. The van der Waals surface area contributed by atoms with Gasteiger partial charge in [-0.25, -0.2) is 0 Å². The van der Waals surface area contributed by atoms with Gasteiger partial charge in [-0.05, 0) is 32.4 Å². The van der Waals surface area contributed by atoms with E-state index in [1.807, 2.05) is 18.3 Å². The van der Waals surface area contributed by atoms with Crippen LogP contribution >= 0.6 is 0 Å². The minimum atomic E-state index is -0.739. The van der Waals surface area contributed by atoms with E-state index in [0.29, 0.717) is 12.5 Å². The van der Waals surface area contributed by atoms with Gasteiger partial charge in [0.15, 0.2) is 0 Å². The van der Waals surface area contributed by atoms with Crippen LogP contribution in [0.15, 0.2) is 18.3 Å². The summed E-state index contributed by atoms with van der Waals surface area (Å²) in [7, 11) is 0. The summed E-state index contributed by atoms with van der Waals surface area (Å²) in [5.74, 6) is -0.739. The predicted molar refractivity (Wildman–Crippen MR) is 50.8 cm³/mol. The molecule has 72 valence electrons. The molecule has 1 aromatic rings. The number of carbonyl (C=O) groups is 1. The van der Waals surface area contributed by atoms with Crippen molar-refractivity contribution in [3.05, 3.63) is 24.0 Å². The Morgan fingerprint density at radius 1 is 1.62 bits per heavy atom. The Hall–Kier alpha value is -1.25. The van der Waals surface area contributed by atoms with E-state index < -0.39 is 5.97 Å². The molecule has 3 heteroatoms. The molecule has 0 aliphatic carbocycles. The van der Waals surface area contributed by atoms with E-state index in [2.05, 4.69) is 18.4 Å². The Balaban J connectivity index is 2.65. The molecule has 0 fully saturated rings. The standard InChI is InChI=1S/C10H15NO2/c1-8(2)11-7-3-4-9(11)5-6-10(12)13/h3-4,7-8H,5-6H2,1-2H3,(H,12,13). The maximum atomic E-state index is 10.4. The summed E-state index contributed by atoms with van der Waals surface area (Å²) in [5.41, 5.74) is 1.09. The molecule has 0 aromatic carbocycles. The van der Waals surface area contributed by atoms with Gasteiger partial charge in [0.2, 0.25) is 0 Å². The second-order valence-corrected chi connectivity index (χ2v) is 3.39. The Morgan fingerprint density at radius 2 is 2.31 bits per heavy atom. The third-order valence-corrected chi connectivity index (χ3v) is 2.02. The fourth-order valence-corrected chi connectivity index (χ4v) is 1.38. The van der Waals surface area contributed by atoms with E-state index in [9.17, 15) is 4.79 Å². The zero-order valence-corrected chi connectivity index (χ0v) is 8.03. The predicted octanol–water partition coefficient (Wildman–Crippen LogP) is 2.09. The van der Waals surface area contributed by atoms with Gasteiger partial charge in [0.1, 0.15) is 0 Å². The number of aliphatic carboxylic acids is 1. The largest absolute Gasteiger partial charge is 0.481 e. The van der Waals surface area contributed by atoms with Crippen LogP contribution in [-0.2, 0) is 11.2 Å².